The molecular weight excluding hydrogens is 541 g/mol. The first kappa shape index (κ1) is 25.4. The van der Waals surface area contributed by atoms with E-state index in [0.29, 0.717) is 23.5 Å². The number of carbonyl (C=O) groups is 1. The van der Waals surface area contributed by atoms with Crippen molar-refractivity contribution in [1.82, 2.24) is 14.8 Å². The standard InChI is InChI=1S/C25H20BrF3N4O3/c1-35-13-14-36-24-31-22(17-3-2-4-18(15-17)25(27,28)29)33(32-24)21-11-9-20(10-12-21)30-23(34)16-5-7-19(26)8-6-16/h2-12,15H,13-14H2,1H3,(H,30,34). The molecule has 4 rings (SSSR count). The average Bonchev–Trinajstić information content (AvgIpc) is 3.29. The van der Waals surface area contributed by atoms with E-state index in [1.807, 2.05) is 0 Å². The molecule has 11 heteroatoms. The van der Waals surface area contributed by atoms with Gasteiger partial charge in [-0.25, -0.2) is 4.68 Å². The minimum Gasteiger partial charge on any atom is -0.460 e. The Kier molecular flexibility index (Phi) is 7.70. The zero-order valence-electron chi connectivity index (χ0n) is 18.9. The summed E-state index contributed by atoms with van der Waals surface area (Å²) >= 11 is 3.33. The number of ether oxygens (including phenoxy) is 2. The molecule has 1 amide bonds. The third kappa shape index (κ3) is 6.10. The van der Waals surface area contributed by atoms with E-state index in [1.165, 1.54) is 23.9 Å². The van der Waals surface area contributed by atoms with Crippen LogP contribution in [0.2, 0.25) is 0 Å². The van der Waals surface area contributed by atoms with Gasteiger partial charge in [-0.2, -0.15) is 18.2 Å². The van der Waals surface area contributed by atoms with Crippen molar-refractivity contribution in [3.8, 4) is 23.1 Å². The Labute approximate surface area is 213 Å². The first-order chi connectivity index (χ1) is 17.2. The van der Waals surface area contributed by atoms with Crippen molar-refractivity contribution >= 4 is 27.5 Å². The molecular formula is C25H20BrF3N4O3. The van der Waals surface area contributed by atoms with E-state index in [1.54, 1.807) is 48.5 Å². The Balaban J connectivity index is 1.63. The van der Waals surface area contributed by atoms with Gasteiger partial charge in [-0.3, -0.25) is 4.79 Å². The highest BCUT2D eigenvalue weighted by Crippen LogP contribution is 2.33. The summed E-state index contributed by atoms with van der Waals surface area (Å²) in [7, 11) is 1.51. The summed E-state index contributed by atoms with van der Waals surface area (Å²) in [5.74, 6) is -0.116. The van der Waals surface area contributed by atoms with E-state index in [9.17, 15) is 18.0 Å². The number of rotatable bonds is 8. The maximum atomic E-state index is 13.3. The summed E-state index contributed by atoms with van der Waals surface area (Å²) in [6.07, 6.45) is -4.51. The Bertz CT molecular complexity index is 1340. The molecule has 186 valence electrons. The van der Waals surface area contributed by atoms with Gasteiger partial charge in [0.05, 0.1) is 17.9 Å². The number of nitrogens with zero attached hydrogens (tertiary/aromatic N) is 3. The summed E-state index contributed by atoms with van der Waals surface area (Å²) in [5.41, 5.74) is 0.944. The summed E-state index contributed by atoms with van der Waals surface area (Å²) in [5, 5.41) is 7.12. The van der Waals surface area contributed by atoms with Gasteiger partial charge in [0.1, 0.15) is 6.61 Å². The Hall–Kier alpha value is -3.70. The lowest BCUT2D eigenvalue weighted by atomic mass is 10.1. The van der Waals surface area contributed by atoms with E-state index < -0.39 is 11.7 Å². The van der Waals surface area contributed by atoms with Gasteiger partial charge in [0.25, 0.3) is 5.91 Å². The number of carbonyl (C=O) groups excluding carboxylic acids is 1. The van der Waals surface area contributed by atoms with Crippen molar-refractivity contribution in [1.29, 1.82) is 0 Å². The van der Waals surface area contributed by atoms with Crippen molar-refractivity contribution in [2.24, 2.45) is 0 Å². The Morgan fingerprint density at radius 1 is 1.03 bits per heavy atom. The predicted molar refractivity (Wildman–Crippen MR) is 131 cm³/mol. The fraction of sp³-hybridized carbons (Fsp3) is 0.160. The fourth-order valence-corrected chi connectivity index (χ4v) is 3.53. The molecule has 0 atom stereocenters. The summed E-state index contributed by atoms with van der Waals surface area (Å²) in [6, 6.07) is 18.4. The molecule has 7 nitrogen and oxygen atoms in total. The maximum Gasteiger partial charge on any atom is 0.416 e. The zero-order valence-corrected chi connectivity index (χ0v) is 20.5. The number of hydrogen-bond donors (Lipinski definition) is 1. The second-order valence-electron chi connectivity index (χ2n) is 7.56. The van der Waals surface area contributed by atoms with Gasteiger partial charge in [-0.1, -0.05) is 28.1 Å². The van der Waals surface area contributed by atoms with Gasteiger partial charge in [0, 0.05) is 28.4 Å². The second kappa shape index (κ2) is 10.9. The molecule has 1 aromatic heterocycles. The van der Waals surface area contributed by atoms with Gasteiger partial charge in [0.2, 0.25) is 0 Å². The van der Waals surface area contributed by atoms with Crippen LogP contribution >= 0.6 is 15.9 Å². The van der Waals surface area contributed by atoms with Gasteiger partial charge in [0.15, 0.2) is 5.82 Å². The van der Waals surface area contributed by atoms with Crippen molar-refractivity contribution < 1.29 is 27.4 Å². The molecule has 0 aliphatic carbocycles. The Morgan fingerprint density at radius 3 is 2.42 bits per heavy atom. The van der Waals surface area contributed by atoms with Gasteiger partial charge < -0.3 is 14.8 Å². The second-order valence-corrected chi connectivity index (χ2v) is 8.47. The van der Waals surface area contributed by atoms with Crippen LogP contribution in [0.4, 0.5) is 18.9 Å². The molecule has 0 saturated carbocycles. The molecule has 1 heterocycles. The van der Waals surface area contributed by atoms with Gasteiger partial charge in [-0.15, -0.1) is 5.10 Å². The highest BCUT2D eigenvalue weighted by Gasteiger charge is 2.31. The van der Waals surface area contributed by atoms with Crippen LogP contribution in [-0.2, 0) is 10.9 Å². The summed E-state index contributed by atoms with van der Waals surface area (Å²) in [4.78, 5) is 16.8. The molecule has 1 N–H and O–H groups in total. The SMILES string of the molecule is COCCOc1nc(-c2cccc(C(F)(F)F)c2)n(-c2ccc(NC(=O)c3ccc(Br)cc3)cc2)n1. The van der Waals surface area contributed by atoms with Crippen LogP contribution in [0.15, 0.2) is 77.3 Å². The molecule has 0 fully saturated rings. The van der Waals surface area contributed by atoms with E-state index in [-0.39, 0.29) is 29.9 Å². The molecule has 0 spiro atoms. The zero-order chi connectivity index (χ0) is 25.7. The predicted octanol–water partition coefficient (Wildman–Crippen LogP) is 5.99. The monoisotopic (exact) mass is 560 g/mol. The van der Waals surface area contributed by atoms with Crippen LogP contribution in [0.5, 0.6) is 6.01 Å². The molecule has 36 heavy (non-hydrogen) atoms. The van der Waals surface area contributed by atoms with E-state index in [0.717, 1.165) is 16.6 Å². The number of alkyl halides is 3. The van der Waals surface area contributed by atoms with Crippen molar-refractivity contribution in [2.45, 2.75) is 6.18 Å². The highest BCUT2D eigenvalue weighted by atomic mass is 79.9. The largest absolute Gasteiger partial charge is 0.460 e. The molecule has 0 bridgehead atoms. The van der Waals surface area contributed by atoms with E-state index in [2.05, 4.69) is 31.3 Å². The normalized spacial score (nSPS) is 11.4. The van der Waals surface area contributed by atoms with Crippen molar-refractivity contribution in [3.05, 3.63) is 88.4 Å². The van der Waals surface area contributed by atoms with Crippen LogP contribution in [0.3, 0.4) is 0 Å². The maximum absolute atomic E-state index is 13.3. The molecule has 0 saturated heterocycles. The van der Waals surface area contributed by atoms with Crippen LogP contribution in [-0.4, -0.2) is 41.0 Å². The summed E-state index contributed by atoms with van der Waals surface area (Å²) < 4.78 is 52.6. The van der Waals surface area contributed by atoms with Crippen LogP contribution in [0, 0.1) is 0 Å². The summed E-state index contributed by atoms with van der Waals surface area (Å²) in [6.45, 7) is 0.462. The first-order valence-electron chi connectivity index (χ1n) is 10.7. The average molecular weight is 561 g/mol. The number of nitrogens with one attached hydrogen (secondary N) is 1. The first-order valence-corrected chi connectivity index (χ1v) is 11.5. The molecule has 0 radical (unpaired) electrons. The van der Waals surface area contributed by atoms with Crippen molar-refractivity contribution in [2.75, 3.05) is 25.6 Å². The third-order valence-electron chi connectivity index (χ3n) is 5.03. The molecule has 0 unspecified atom stereocenters. The van der Waals surface area contributed by atoms with Gasteiger partial charge >= 0.3 is 12.2 Å². The highest BCUT2D eigenvalue weighted by molar-refractivity contribution is 9.10. The number of anilines is 1. The van der Waals surface area contributed by atoms with Gasteiger partial charge in [-0.05, 0) is 60.7 Å². The fourth-order valence-electron chi connectivity index (χ4n) is 3.26. The van der Waals surface area contributed by atoms with Crippen LogP contribution < -0.4 is 10.1 Å². The number of benzene rings is 3. The van der Waals surface area contributed by atoms with Crippen LogP contribution in [0.25, 0.3) is 17.1 Å². The molecule has 4 aromatic rings. The number of amides is 1. The molecule has 0 aliphatic rings. The number of halogens is 4. The number of methoxy groups -OCH3 is 1. The lowest BCUT2D eigenvalue weighted by Crippen LogP contribution is -2.11. The van der Waals surface area contributed by atoms with E-state index in [4.69, 9.17) is 9.47 Å². The number of hydrogen-bond acceptors (Lipinski definition) is 5. The topological polar surface area (TPSA) is 78.3 Å². The lowest BCUT2D eigenvalue weighted by Gasteiger charge is -2.10. The van der Waals surface area contributed by atoms with Crippen LogP contribution in [0.1, 0.15) is 15.9 Å². The Morgan fingerprint density at radius 2 is 1.75 bits per heavy atom. The smallest absolute Gasteiger partial charge is 0.416 e. The minimum absolute atomic E-state index is 0.00733. The number of aromatic nitrogens is 3. The quantitative estimate of drug-likeness (QED) is 0.268. The minimum atomic E-state index is -4.51. The molecule has 0 aliphatic heterocycles. The third-order valence-corrected chi connectivity index (χ3v) is 5.56. The van der Waals surface area contributed by atoms with Crippen molar-refractivity contribution in [3.63, 3.8) is 0 Å². The molecule has 3 aromatic carbocycles. The van der Waals surface area contributed by atoms with E-state index >= 15 is 0 Å². The lowest BCUT2D eigenvalue weighted by molar-refractivity contribution is -0.137.